The lowest BCUT2D eigenvalue weighted by molar-refractivity contribution is 0.0617. The van der Waals surface area contributed by atoms with Gasteiger partial charge in [-0.15, -0.1) is 12.4 Å². The molecule has 0 aliphatic carbocycles. The van der Waals surface area contributed by atoms with Crippen molar-refractivity contribution in [1.82, 2.24) is 5.32 Å². The van der Waals surface area contributed by atoms with E-state index in [1.165, 1.54) is 6.42 Å². The summed E-state index contributed by atoms with van der Waals surface area (Å²) in [7, 11) is 0. The van der Waals surface area contributed by atoms with E-state index in [-0.39, 0.29) is 23.6 Å². The fourth-order valence-corrected chi connectivity index (χ4v) is 4.44. The number of halogens is 3. The van der Waals surface area contributed by atoms with Crippen molar-refractivity contribution in [2.45, 2.75) is 57.5 Å². The SMILES string of the molecule is CCCC1(C(=O)c2ccc(Cl)c(Cl)c2)CCC2CCC1N2.Cl. The van der Waals surface area contributed by atoms with Crippen LogP contribution >= 0.6 is 35.6 Å². The molecule has 22 heavy (non-hydrogen) atoms. The standard InChI is InChI=1S/C17H21Cl2NO.ClH/c1-2-8-17(9-7-12-4-6-15(17)20-12)16(21)11-3-5-13(18)14(19)10-11;/h3,5,10,12,15,20H,2,4,6-9H2,1H3;1H. The minimum atomic E-state index is -0.265. The molecule has 3 atom stereocenters. The number of carbonyl (C=O) groups excluding carboxylic acids is 1. The van der Waals surface area contributed by atoms with Crippen LogP contribution in [0.15, 0.2) is 18.2 Å². The average Bonchev–Trinajstić information content (AvgIpc) is 2.89. The highest BCUT2D eigenvalue weighted by atomic mass is 35.5. The number of hydrogen-bond donors (Lipinski definition) is 1. The third-order valence-electron chi connectivity index (χ3n) is 5.18. The monoisotopic (exact) mass is 361 g/mol. The summed E-state index contributed by atoms with van der Waals surface area (Å²) >= 11 is 12.1. The van der Waals surface area contributed by atoms with Crippen LogP contribution in [0.4, 0.5) is 0 Å². The molecule has 2 fully saturated rings. The molecule has 3 rings (SSSR count). The molecule has 2 heterocycles. The normalized spacial score (nSPS) is 30.0. The highest BCUT2D eigenvalue weighted by Gasteiger charge is 2.50. The number of benzene rings is 1. The smallest absolute Gasteiger partial charge is 0.170 e. The zero-order valence-corrected chi connectivity index (χ0v) is 15.0. The van der Waals surface area contributed by atoms with Gasteiger partial charge in [0.1, 0.15) is 0 Å². The Hall–Kier alpha value is -0.280. The van der Waals surface area contributed by atoms with Crippen molar-refractivity contribution >= 4 is 41.4 Å². The van der Waals surface area contributed by atoms with Crippen LogP contribution in [-0.2, 0) is 0 Å². The van der Waals surface area contributed by atoms with E-state index in [1.54, 1.807) is 12.1 Å². The highest BCUT2D eigenvalue weighted by molar-refractivity contribution is 6.42. The van der Waals surface area contributed by atoms with Crippen LogP contribution in [0.1, 0.15) is 55.8 Å². The van der Waals surface area contributed by atoms with Gasteiger partial charge in [-0.25, -0.2) is 0 Å². The number of rotatable bonds is 4. The lowest BCUT2D eigenvalue weighted by Crippen LogP contribution is -2.52. The van der Waals surface area contributed by atoms with Crippen molar-refractivity contribution in [3.8, 4) is 0 Å². The predicted molar refractivity (Wildman–Crippen MR) is 94.6 cm³/mol. The van der Waals surface area contributed by atoms with E-state index in [9.17, 15) is 4.79 Å². The van der Waals surface area contributed by atoms with Gasteiger partial charge in [-0.3, -0.25) is 4.79 Å². The third-order valence-corrected chi connectivity index (χ3v) is 5.92. The van der Waals surface area contributed by atoms with E-state index in [0.29, 0.717) is 27.7 Å². The molecular formula is C17H22Cl3NO. The van der Waals surface area contributed by atoms with Gasteiger partial charge in [-0.05, 0) is 50.3 Å². The molecule has 3 unspecified atom stereocenters. The van der Waals surface area contributed by atoms with Crippen LogP contribution in [0.25, 0.3) is 0 Å². The molecule has 0 saturated carbocycles. The number of nitrogens with one attached hydrogen (secondary N) is 1. The molecule has 1 aromatic rings. The lowest BCUT2D eigenvalue weighted by atomic mass is 9.67. The maximum absolute atomic E-state index is 13.2. The first-order valence-corrected chi connectivity index (χ1v) is 8.58. The van der Waals surface area contributed by atoms with Crippen molar-refractivity contribution < 1.29 is 4.79 Å². The van der Waals surface area contributed by atoms with Gasteiger partial charge in [-0.2, -0.15) is 0 Å². The van der Waals surface area contributed by atoms with Gasteiger partial charge in [-0.1, -0.05) is 36.5 Å². The van der Waals surface area contributed by atoms with Gasteiger partial charge < -0.3 is 5.32 Å². The van der Waals surface area contributed by atoms with Crippen LogP contribution in [0, 0.1) is 5.41 Å². The fraction of sp³-hybridized carbons (Fsp3) is 0.588. The second-order valence-electron chi connectivity index (χ2n) is 6.40. The minimum absolute atomic E-state index is 0. The number of hydrogen-bond acceptors (Lipinski definition) is 2. The molecule has 2 bridgehead atoms. The number of ketones is 1. The Morgan fingerprint density at radius 1 is 1.27 bits per heavy atom. The predicted octanol–water partition coefficient (Wildman–Crippen LogP) is 5.30. The zero-order valence-electron chi connectivity index (χ0n) is 12.7. The molecule has 2 saturated heterocycles. The molecule has 2 aliphatic rings. The quantitative estimate of drug-likeness (QED) is 0.736. The van der Waals surface area contributed by atoms with E-state index in [1.807, 2.05) is 6.07 Å². The van der Waals surface area contributed by atoms with Crippen LogP contribution in [0.3, 0.4) is 0 Å². The molecule has 0 radical (unpaired) electrons. The number of fused-ring (bicyclic) bond motifs is 2. The molecule has 0 amide bonds. The Bertz CT molecular complexity index is 563. The maximum atomic E-state index is 13.2. The Morgan fingerprint density at radius 3 is 2.73 bits per heavy atom. The molecular weight excluding hydrogens is 341 g/mol. The first kappa shape index (κ1) is 18.1. The summed E-state index contributed by atoms with van der Waals surface area (Å²) in [6.45, 7) is 2.16. The van der Waals surface area contributed by atoms with Gasteiger partial charge >= 0.3 is 0 Å². The van der Waals surface area contributed by atoms with Crippen LogP contribution in [-0.4, -0.2) is 17.9 Å². The second-order valence-corrected chi connectivity index (χ2v) is 7.21. The van der Waals surface area contributed by atoms with E-state index >= 15 is 0 Å². The van der Waals surface area contributed by atoms with Crippen molar-refractivity contribution in [3.63, 3.8) is 0 Å². The van der Waals surface area contributed by atoms with E-state index in [0.717, 1.165) is 32.1 Å². The molecule has 5 heteroatoms. The van der Waals surface area contributed by atoms with Gasteiger partial charge in [0, 0.05) is 23.1 Å². The van der Waals surface area contributed by atoms with Crippen molar-refractivity contribution in [2.75, 3.05) is 0 Å². The largest absolute Gasteiger partial charge is 0.310 e. The van der Waals surface area contributed by atoms with E-state index < -0.39 is 0 Å². The Kier molecular flexibility index (Phi) is 5.82. The van der Waals surface area contributed by atoms with Crippen LogP contribution in [0.5, 0.6) is 0 Å². The Balaban J connectivity index is 0.00000176. The third kappa shape index (κ3) is 3.03. The lowest BCUT2D eigenvalue weighted by Gasteiger charge is -2.42. The summed E-state index contributed by atoms with van der Waals surface area (Å²) in [6, 6.07) is 6.20. The summed E-state index contributed by atoms with van der Waals surface area (Å²) in [5.41, 5.74) is 0.434. The van der Waals surface area contributed by atoms with E-state index in [4.69, 9.17) is 23.2 Å². The fourth-order valence-electron chi connectivity index (χ4n) is 4.14. The number of Topliss-reactive ketones (excluding diaryl/α,β-unsaturated/α-hetero) is 1. The van der Waals surface area contributed by atoms with Crippen LogP contribution < -0.4 is 5.32 Å². The number of carbonyl (C=O) groups is 1. The van der Waals surface area contributed by atoms with Crippen molar-refractivity contribution in [1.29, 1.82) is 0 Å². The molecule has 122 valence electrons. The molecule has 1 aromatic carbocycles. The van der Waals surface area contributed by atoms with Gasteiger partial charge in [0.05, 0.1) is 10.0 Å². The van der Waals surface area contributed by atoms with Gasteiger partial charge in [0.25, 0.3) is 0 Å². The van der Waals surface area contributed by atoms with Gasteiger partial charge in [0.15, 0.2) is 5.78 Å². The number of piperidine rings is 1. The van der Waals surface area contributed by atoms with Crippen molar-refractivity contribution in [3.05, 3.63) is 33.8 Å². The highest BCUT2D eigenvalue weighted by Crippen LogP contribution is 2.46. The van der Waals surface area contributed by atoms with E-state index in [2.05, 4.69) is 12.2 Å². The van der Waals surface area contributed by atoms with Crippen molar-refractivity contribution in [2.24, 2.45) is 5.41 Å². The molecule has 0 aromatic heterocycles. The topological polar surface area (TPSA) is 29.1 Å². The molecule has 0 spiro atoms. The summed E-state index contributed by atoms with van der Waals surface area (Å²) in [5.74, 6) is 0.237. The summed E-state index contributed by atoms with van der Waals surface area (Å²) in [4.78, 5) is 13.2. The minimum Gasteiger partial charge on any atom is -0.310 e. The zero-order chi connectivity index (χ0) is 15.0. The second kappa shape index (κ2) is 7.09. The summed E-state index contributed by atoms with van der Waals surface area (Å²) < 4.78 is 0. The van der Waals surface area contributed by atoms with Gasteiger partial charge in [0.2, 0.25) is 0 Å². The average molecular weight is 363 g/mol. The molecule has 2 aliphatic heterocycles. The first-order chi connectivity index (χ1) is 10.1. The summed E-state index contributed by atoms with van der Waals surface area (Å²) in [6.07, 6.45) is 6.36. The maximum Gasteiger partial charge on any atom is 0.170 e. The summed E-state index contributed by atoms with van der Waals surface area (Å²) in [5, 5.41) is 4.62. The van der Waals surface area contributed by atoms with Crippen LogP contribution in [0.2, 0.25) is 10.0 Å². The Morgan fingerprint density at radius 2 is 2.05 bits per heavy atom. The molecule has 1 N–H and O–H groups in total. The molecule has 2 nitrogen and oxygen atoms in total. The first-order valence-electron chi connectivity index (χ1n) is 7.83. The Labute approximate surface area is 148 Å².